The van der Waals surface area contributed by atoms with Crippen LogP contribution in [0.5, 0.6) is 0 Å². The average molecular weight is 340 g/mol. The Kier molecular flexibility index (Phi) is 6.26. The molecular weight excluding hydrogens is 308 g/mol. The van der Waals surface area contributed by atoms with Gasteiger partial charge in [0.2, 0.25) is 5.91 Å². The Morgan fingerprint density at radius 2 is 1.54 bits per heavy atom. The Morgan fingerprint density at radius 3 is 2.00 bits per heavy atom. The molecule has 2 aliphatic heterocycles. The summed E-state index contributed by atoms with van der Waals surface area (Å²) in [6, 6.07) is -0.0951. The molecule has 6 nitrogen and oxygen atoms in total. The van der Waals surface area contributed by atoms with Crippen molar-refractivity contribution < 1.29 is 19.1 Å². The normalized spacial score (nSPS) is 37.2. The molecule has 0 saturated carbocycles. The third-order valence-corrected chi connectivity index (χ3v) is 5.28. The molecule has 7 atom stereocenters. The van der Waals surface area contributed by atoms with Crippen molar-refractivity contribution in [2.24, 2.45) is 11.8 Å². The summed E-state index contributed by atoms with van der Waals surface area (Å²) in [5, 5.41) is 2.92. The van der Waals surface area contributed by atoms with Crippen LogP contribution in [0.3, 0.4) is 0 Å². The monoisotopic (exact) mass is 340 g/mol. The molecule has 0 aromatic heterocycles. The van der Waals surface area contributed by atoms with Gasteiger partial charge in [-0.05, 0) is 45.4 Å². The van der Waals surface area contributed by atoms with Gasteiger partial charge in [-0.15, -0.1) is 0 Å². The number of carbonyl (C=O) groups is 2. The molecule has 24 heavy (non-hydrogen) atoms. The van der Waals surface area contributed by atoms with Crippen molar-refractivity contribution in [1.82, 2.24) is 10.2 Å². The molecule has 7 unspecified atom stereocenters. The topological polar surface area (TPSA) is 67.9 Å². The fraction of sp³-hybridized carbons (Fsp3) is 0.889. The van der Waals surface area contributed by atoms with E-state index in [1.807, 2.05) is 34.6 Å². The molecule has 2 rings (SSSR count). The van der Waals surface area contributed by atoms with Crippen LogP contribution in [0.1, 0.15) is 47.5 Å². The second-order valence-corrected chi connectivity index (χ2v) is 7.70. The van der Waals surface area contributed by atoms with E-state index in [0.717, 1.165) is 12.8 Å². The largest absolute Gasteiger partial charge is 0.365 e. The quantitative estimate of drug-likeness (QED) is 0.825. The van der Waals surface area contributed by atoms with Crippen LogP contribution in [0.4, 0.5) is 0 Å². The first-order valence-corrected chi connectivity index (χ1v) is 9.06. The van der Waals surface area contributed by atoms with Gasteiger partial charge in [0.15, 0.2) is 0 Å². The maximum Gasteiger partial charge on any atom is 0.252 e. The first kappa shape index (κ1) is 19.2. The molecule has 2 saturated heterocycles. The van der Waals surface area contributed by atoms with E-state index in [1.54, 1.807) is 11.9 Å². The summed E-state index contributed by atoms with van der Waals surface area (Å²) in [4.78, 5) is 26.6. The summed E-state index contributed by atoms with van der Waals surface area (Å²) in [7, 11) is 1.77. The van der Waals surface area contributed by atoms with Crippen molar-refractivity contribution in [3.8, 4) is 0 Å². The van der Waals surface area contributed by atoms with Crippen LogP contribution in [0.2, 0.25) is 0 Å². The zero-order valence-corrected chi connectivity index (χ0v) is 15.7. The molecule has 0 aromatic carbocycles. The van der Waals surface area contributed by atoms with Crippen LogP contribution in [0.25, 0.3) is 0 Å². The second kappa shape index (κ2) is 7.83. The van der Waals surface area contributed by atoms with Crippen molar-refractivity contribution in [1.29, 1.82) is 0 Å². The van der Waals surface area contributed by atoms with Gasteiger partial charge in [0, 0.05) is 19.6 Å². The Morgan fingerprint density at radius 1 is 1.04 bits per heavy atom. The highest BCUT2D eigenvalue weighted by Gasteiger charge is 2.38. The molecule has 0 aromatic rings. The van der Waals surface area contributed by atoms with Crippen LogP contribution in [-0.4, -0.2) is 60.8 Å². The van der Waals surface area contributed by atoms with Gasteiger partial charge in [0.25, 0.3) is 5.91 Å². The number of carbonyl (C=O) groups excluding carboxylic acids is 2. The smallest absolute Gasteiger partial charge is 0.252 e. The first-order chi connectivity index (χ1) is 11.2. The Hall–Kier alpha value is -1.14. The molecule has 6 heteroatoms. The molecule has 2 heterocycles. The van der Waals surface area contributed by atoms with Crippen LogP contribution >= 0.6 is 0 Å². The van der Waals surface area contributed by atoms with Crippen molar-refractivity contribution >= 4 is 11.8 Å². The van der Waals surface area contributed by atoms with Gasteiger partial charge in [-0.1, -0.05) is 13.8 Å². The molecule has 2 aliphatic rings. The summed E-state index contributed by atoms with van der Waals surface area (Å²) >= 11 is 0. The van der Waals surface area contributed by atoms with Gasteiger partial charge in [-0.25, -0.2) is 0 Å². The standard InChI is InChI=1S/C18H32N2O4/c1-10-7-13(4)23-15(10)17(21)19-9-12(3)20(6)18(22)16-11(2)8-14(5)24-16/h10-16H,7-9H2,1-6H3,(H,19,21). The SMILES string of the molecule is CC1CC(C)C(C(=O)NCC(C)N(C)C(=O)C2OC(C)CC2C)O1. The molecule has 138 valence electrons. The number of rotatable bonds is 5. The number of amides is 2. The summed E-state index contributed by atoms with van der Waals surface area (Å²) in [6.45, 7) is 10.4. The maximum atomic E-state index is 12.6. The number of hydrogen-bond donors (Lipinski definition) is 1. The highest BCUT2D eigenvalue weighted by Crippen LogP contribution is 2.27. The molecule has 0 bridgehead atoms. The van der Waals surface area contributed by atoms with Crippen molar-refractivity contribution in [3.63, 3.8) is 0 Å². The third kappa shape index (κ3) is 4.28. The van der Waals surface area contributed by atoms with Gasteiger partial charge in [-0.2, -0.15) is 0 Å². The molecule has 2 amide bonds. The minimum Gasteiger partial charge on any atom is -0.365 e. The summed E-state index contributed by atoms with van der Waals surface area (Å²) in [5.74, 6) is 0.362. The average Bonchev–Trinajstić information content (AvgIpc) is 3.03. The number of ether oxygens (including phenoxy) is 2. The summed E-state index contributed by atoms with van der Waals surface area (Å²) in [5.41, 5.74) is 0. The van der Waals surface area contributed by atoms with E-state index in [9.17, 15) is 9.59 Å². The van der Waals surface area contributed by atoms with Crippen molar-refractivity contribution in [3.05, 3.63) is 0 Å². The molecule has 2 fully saturated rings. The third-order valence-electron chi connectivity index (χ3n) is 5.28. The van der Waals surface area contributed by atoms with Crippen LogP contribution < -0.4 is 5.32 Å². The molecule has 1 N–H and O–H groups in total. The molecule has 0 aliphatic carbocycles. The lowest BCUT2D eigenvalue weighted by molar-refractivity contribution is -0.145. The lowest BCUT2D eigenvalue weighted by atomic mass is 10.0. The van der Waals surface area contributed by atoms with E-state index in [0.29, 0.717) is 6.54 Å². The van der Waals surface area contributed by atoms with Gasteiger partial charge >= 0.3 is 0 Å². The predicted octanol–water partition coefficient (Wildman–Crippen LogP) is 1.58. The highest BCUT2D eigenvalue weighted by molar-refractivity contribution is 5.82. The molecule has 0 radical (unpaired) electrons. The van der Waals surface area contributed by atoms with E-state index in [4.69, 9.17) is 9.47 Å². The number of nitrogens with zero attached hydrogens (tertiary/aromatic N) is 1. The van der Waals surface area contributed by atoms with Crippen LogP contribution in [0, 0.1) is 11.8 Å². The predicted molar refractivity (Wildman–Crippen MR) is 91.5 cm³/mol. The minimum absolute atomic E-state index is 0.00675. The van der Waals surface area contributed by atoms with Gasteiger partial charge < -0.3 is 19.7 Å². The lowest BCUT2D eigenvalue weighted by Crippen LogP contribution is -2.49. The molecular formula is C18H32N2O4. The highest BCUT2D eigenvalue weighted by atomic mass is 16.5. The second-order valence-electron chi connectivity index (χ2n) is 7.70. The molecule has 0 spiro atoms. The summed E-state index contributed by atoms with van der Waals surface area (Å²) < 4.78 is 11.4. The minimum atomic E-state index is -0.382. The number of hydrogen-bond acceptors (Lipinski definition) is 4. The number of nitrogens with one attached hydrogen (secondary N) is 1. The Bertz CT molecular complexity index is 470. The van der Waals surface area contributed by atoms with E-state index in [-0.39, 0.29) is 54.1 Å². The van der Waals surface area contributed by atoms with E-state index >= 15 is 0 Å². The van der Waals surface area contributed by atoms with Crippen LogP contribution in [0.15, 0.2) is 0 Å². The van der Waals surface area contributed by atoms with Gasteiger partial charge in [0.1, 0.15) is 12.2 Å². The maximum absolute atomic E-state index is 12.6. The van der Waals surface area contributed by atoms with E-state index < -0.39 is 0 Å². The fourth-order valence-electron chi connectivity index (χ4n) is 3.70. The van der Waals surface area contributed by atoms with E-state index in [2.05, 4.69) is 5.32 Å². The fourth-order valence-corrected chi connectivity index (χ4v) is 3.70. The van der Waals surface area contributed by atoms with Gasteiger partial charge in [-0.3, -0.25) is 9.59 Å². The van der Waals surface area contributed by atoms with Crippen LogP contribution in [-0.2, 0) is 19.1 Å². The van der Waals surface area contributed by atoms with Crippen molar-refractivity contribution in [2.75, 3.05) is 13.6 Å². The lowest BCUT2D eigenvalue weighted by Gasteiger charge is -2.29. The zero-order chi connectivity index (χ0) is 18.0. The Balaban J connectivity index is 1.82. The summed E-state index contributed by atoms with van der Waals surface area (Å²) in [6.07, 6.45) is 1.31. The first-order valence-electron chi connectivity index (χ1n) is 9.06. The van der Waals surface area contributed by atoms with Gasteiger partial charge in [0.05, 0.1) is 12.2 Å². The zero-order valence-electron chi connectivity index (χ0n) is 15.7. The Labute approximate surface area is 145 Å². The van der Waals surface area contributed by atoms with E-state index in [1.165, 1.54) is 0 Å². The number of likely N-dealkylation sites (N-methyl/N-ethyl adjacent to an activating group) is 1. The van der Waals surface area contributed by atoms with Crippen molar-refractivity contribution in [2.45, 2.75) is 77.9 Å².